The Morgan fingerprint density at radius 1 is 0.667 bits per heavy atom. The maximum absolute atomic E-state index is 10.7. The van der Waals surface area contributed by atoms with Gasteiger partial charge < -0.3 is 14.8 Å². The van der Waals surface area contributed by atoms with Crippen LogP contribution in [0.15, 0.2) is 0 Å². The fourth-order valence-electron chi connectivity index (χ4n) is 4.17. The van der Waals surface area contributed by atoms with E-state index >= 15 is 0 Å². The molecular formula is C26H52LiNO2. The van der Waals surface area contributed by atoms with Gasteiger partial charge in [-0.2, -0.15) is 0 Å². The van der Waals surface area contributed by atoms with Crippen molar-refractivity contribution in [2.45, 2.75) is 149 Å². The van der Waals surface area contributed by atoms with Crippen LogP contribution in [-0.2, 0) is 4.79 Å². The van der Waals surface area contributed by atoms with E-state index in [2.05, 4.69) is 25.7 Å². The largest absolute Gasteiger partial charge is 1.00 e. The number of rotatable bonds is 23. The molecule has 30 heavy (non-hydrogen) atoms. The standard InChI is InChI=1S/C26H53NO2.Li/c1-4-6-8-10-12-14-16-18-23-27(25(3)21-20-22-26(28)29)24-19-17-15-13-11-9-7-5-2;/h25H,4-24H2,1-3H3,(H,28,29);/q;+1/p-1. The fraction of sp³-hybridized carbons (Fsp3) is 0.962. The minimum absolute atomic E-state index is 0. The van der Waals surface area contributed by atoms with Crippen molar-refractivity contribution in [1.82, 2.24) is 4.90 Å². The van der Waals surface area contributed by atoms with Crippen molar-refractivity contribution in [2.24, 2.45) is 0 Å². The van der Waals surface area contributed by atoms with Gasteiger partial charge in [0.25, 0.3) is 0 Å². The maximum Gasteiger partial charge on any atom is 1.00 e. The van der Waals surface area contributed by atoms with Gasteiger partial charge in [-0.05, 0) is 52.1 Å². The third-order valence-corrected chi connectivity index (χ3v) is 6.22. The van der Waals surface area contributed by atoms with Gasteiger partial charge in [0.15, 0.2) is 0 Å². The molecule has 0 N–H and O–H groups in total. The van der Waals surface area contributed by atoms with Crippen LogP contribution >= 0.6 is 0 Å². The number of carboxylic acid groups (broad SMARTS) is 1. The van der Waals surface area contributed by atoms with Crippen LogP contribution in [0.1, 0.15) is 143 Å². The molecule has 0 aliphatic rings. The first kappa shape index (κ1) is 32.2. The van der Waals surface area contributed by atoms with E-state index in [1.807, 2.05) is 0 Å². The first-order chi connectivity index (χ1) is 14.1. The molecule has 1 unspecified atom stereocenters. The number of hydrogen-bond acceptors (Lipinski definition) is 3. The van der Waals surface area contributed by atoms with Crippen molar-refractivity contribution in [3.8, 4) is 0 Å². The van der Waals surface area contributed by atoms with Crippen LogP contribution in [0.4, 0.5) is 0 Å². The summed E-state index contributed by atoms with van der Waals surface area (Å²) in [6.07, 6.45) is 23.7. The van der Waals surface area contributed by atoms with E-state index in [4.69, 9.17) is 0 Å². The molecule has 0 radical (unpaired) electrons. The number of carboxylic acids is 1. The SMILES string of the molecule is CCCCCCCCCCN(CCCCCCCCCC)C(C)CCCC(=O)[O-].[Li+]. The molecule has 0 aromatic heterocycles. The van der Waals surface area contributed by atoms with Crippen molar-refractivity contribution in [2.75, 3.05) is 13.1 Å². The van der Waals surface area contributed by atoms with Crippen molar-refractivity contribution in [3.05, 3.63) is 0 Å². The van der Waals surface area contributed by atoms with E-state index in [1.54, 1.807) is 0 Å². The summed E-state index contributed by atoms with van der Waals surface area (Å²) in [4.78, 5) is 13.3. The van der Waals surface area contributed by atoms with Gasteiger partial charge in [-0.1, -0.05) is 104 Å². The summed E-state index contributed by atoms with van der Waals surface area (Å²) >= 11 is 0. The normalized spacial score (nSPS) is 12.1. The first-order valence-electron chi connectivity index (χ1n) is 13.1. The second-order valence-electron chi connectivity index (χ2n) is 9.10. The molecule has 0 rings (SSSR count). The van der Waals surface area contributed by atoms with Gasteiger partial charge in [0.1, 0.15) is 0 Å². The number of carbonyl (C=O) groups excluding carboxylic acids is 1. The van der Waals surface area contributed by atoms with E-state index in [1.165, 1.54) is 116 Å². The summed E-state index contributed by atoms with van der Waals surface area (Å²) in [6, 6.07) is 0.489. The minimum atomic E-state index is -0.908. The summed E-state index contributed by atoms with van der Waals surface area (Å²) in [5.41, 5.74) is 0. The smallest absolute Gasteiger partial charge is 0.550 e. The van der Waals surface area contributed by atoms with Gasteiger partial charge >= 0.3 is 18.9 Å². The van der Waals surface area contributed by atoms with Crippen molar-refractivity contribution in [3.63, 3.8) is 0 Å². The van der Waals surface area contributed by atoms with Gasteiger partial charge in [-0.3, -0.25) is 0 Å². The molecule has 4 heteroatoms. The van der Waals surface area contributed by atoms with Crippen LogP contribution in [-0.4, -0.2) is 30.0 Å². The number of carbonyl (C=O) groups is 1. The summed E-state index contributed by atoms with van der Waals surface area (Å²) < 4.78 is 0. The van der Waals surface area contributed by atoms with Gasteiger partial charge in [0.05, 0.1) is 0 Å². The molecule has 0 aliphatic carbocycles. The Kier molecular flexibility index (Phi) is 27.2. The zero-order valence-electron chi connectivity index (χ0n) is 21.2. The van der Waals surface area contributed by atoms with Gasteiger partial charge in [0.2, 0.25) is 0 Å². The summed E-state index contributed by atoms with van der Waals surface area (Å²) in [5, 5.41) is 10.7. The van der Waals surface area contributed by atoms with Crippen LogP contribution in [0, 0.1) is 0 Å². The molecule has 0 spiro atoms. The molecule has 0 amide bonds. The Labute approximate surface area is 201 Å². The Bertz CT molecular complexity index is 332. The Balaban J connectivity index is 0. The zero-order chi connectivity index (χ0) is 21.6. The van der Waals surface area contributed by atoms with Crippen LogP contribution in [0.25, 0.3) is 0 Å². The van der Waals surface area contributed by atoms with E-state index in [0.29, 0.717) is 6.04 Å². The second kappa shape index (κ2) is 25.3. The summed E-state index contributed by atoms with van der Waals surface area (Å²) in [5.74, 6) is -0.908. The average Bonchev–Trinajstić information content (AvgIpc) is 2.69. The van der Waals surface area contributed by atoms with E-state index < -0.39 is 5.97 Å². The molecule has 1 atom stereocenters. The second-order valence-corrected chi connectivity index (χ2v) is 9.10. The molecule has 0 aromatic carbocycles. The molecule has 3 nitrogen and oxygen atoms in total. The Morgan fingerprint density at radius 3 is 1.40 bits per heavy atom. The molecule has 0 bridgehead atoms. The first-order valence-corrected chi connectivity index (χ1v) is 13.1. The number of aliphatic carboxylic acids is 1. The van der Waals surface area contributed by atoms with Gasteiger partial charge in [-0.25, -0.2) is 0 Å². The van der Waals surface area contributed by atoms with E-state index in [-0.39, 0.29) is 25.3 Å². The van der Waals surface area contributed by atoms with E-state index in [9.17, 15) is 9.90 Å². The number of nitrogens with zero attached hydrogens (tertiary/aromatic N) is 1. The summed E-state index contributed by atoms with van der Waals surface area (Å²) in [7, 11) is 0. The zero-order valence-corrected chi connectivity index (χ0v) is 21.2. The van der Waals surface area contributed by atoms with Gasteiger partial charge in [0, 0.05) is 12.0 Å². The monoisotopic (exact) mass is 417 g/mol. The van der Waals surface area contributed by atoms with Crippen LogP contribution in [0.5, 0.6) is 0 Å². The molecule has 0 aliphatic heterocycles. The van der Waals surface area contributed by atoms with Crippen LogP contribution in [0.2, 0.25) is 0 Å². The summed E-state index contributed by atoms with van der Waals surface area (Å²) in [6.45, 7) is 9.19. The molecule has 0 fully saturated rings. The minimum Gasteiger partial charge on any atom is -0.550 e. The molecule has 0 saturated heterocycles. The van der Waals surface area contributed by atoms with Crippen LogP contribution < -0.4 is 24.0 Å². The van der Waals surface area contributed by atoms with Crippen molar-refractivity contribution >= 4 is 5.97 Å². The molecular weight excluding hydrogens is 365 g/mol. The topological polar surface area (TPSA) is 43.4 Å². The maximum atomic E-state index is 10.7. The predicted octanol–water partition coefficient (Wildman–Crippen LogP) is 3.88. The van der Waals surface area contributed by atoms with Crippen molar-refractivity contribution < 1.29 is 28.8 Å². The van der Waals surface area contributed by atoms with Gasteiger partial charge in [-0.15, -0.1) is 0 Å². The fourth-order valence-corrected chi connectivity index (χ4v) is 4.17. The molecule has 174 valence electrons. The average molecular weight is 418 g/mol. The number of hydrogen-bond donors (Lipinski definition) is 0. The van der Waals surface area contributed by atoms with E-state index in [0.717, 1.165) is 12.8 Å². The molecule has 0 saturated carbocycles. The third-order valence-electron chi connectivity index (χ3n) is 6.22. The Hall–Kier alpha value is 0.0274. The number of unbranched alkanes of at least 4 members (excludes halogenated alkanes) is 14. The Morgan fingerprint density at radius 2 is 1.03 bits per heavy atom. The van der Waals surface area contributed by atoms with Crippen molar-refractivity contribution in [1.29, 1.82) is 0 Å². The molecule has 0 heterocycles. The quantitative estimate of drug-likeness (QED) is 0.187. The predicted molar refractivity (Wildman–Crippen MR) is 125 cm³/mol. The van der Waals surface area contributed by atoms with Crippen LogP contribution in [0.3, 0.4) is 0 Å². The molecule has 0 aromatic rings. The third kappa shape index (κ3) is 22.7.